The number of halogens is 2. The third-order valence-electron chi connectivity index (χ3n) is 5.37. The van der Waals surface area contributed by atoms with Crippen LogP contribution in [-0.4, -0.2) is 54.9 Å². The topological polar surface area (TPSA) is 87.7 Å². The summed E-state index contributed by atoms with van der Waals surface area (Å²) in [6.07, 6.45) is 3.16. The highest BCUT2D eigenvalue weighted by molar-refractivity contribution is 6.36. The molecule has 0 bridgehead atoms. The largest absolute Gasteiger partial charge is 0.494 e. The lowest BCUT2D eigenvalue weighted by atomic mass is 9.87. The Morgan fingerprint density at radius 1 is 1.21 bits per heavy atom. The van der Waals surface area contributed by atoms with Gasteiger partial charge >= 0.3 is 6.03 Å². The molecule has 1 aromatic rings. The van der Waals surface area contributed by atoms with Gasteiger partial charge in [-0.2, -0.15) is 0 Å². The molecule has 2 aliphatic heterocycles. The van der Waals surface area contributed by atoms with Crippen molar-refractivity contribution in [2.75, 3.05) is 26.7 Å². The standard InChI is InChI=1S/C19H23Cl2N3O4/c1-28-16-13(10-12(20)11-14(16)21)15(25)4-2-3-7-24-8-5-19(6-9-24)17(26)22-18(27)23-19/h10-11H,2-9H2,1H3,(H2,22,23,26,27). The van der Waals surface area contributed by atoms with Crippen LogP contribution in [0.25, 0.3) is 0 Å². The van der Waals surface area contributed by atoms with E-state index in [-0.39, 0.29) is 11.7 Å². The fourth-order valence-electron chi connectivity index (χ4n) is 3.77. The number of carbonyl (C=O) groups is 3. The summed E-state index contributed by atoms with van der Waals surface area (Å²) in [5, 5.41) is 5.80. The van der Waals surface area contributed by atoms with Crippen molar-refractivity contribution < 1.29 is 19.1 Å². The zero-order chi connectivity index (χ0) is 20.3. The lowest BCUT2D eigenvalue weighted by Gasteiger charge is -2.36. The van der Waals surface area contributed by atoms with E-state index in [1.54, 1.807) is 12.1 Å². The van der Waals surface area contributed by atoms with Crippen LogP contribution < -0.4 is 15.4 Å². The molecule has 0 aromatic heterocycles. The number of benzene rings is 1. The smallest absolute Gasteiger partial charge is 0.322 e. The monoisotopic (exact) mass is 427 g/mol. The van der Waals surface area contributed by atoms with Gasteiger partial charge in [-0.25, -0.2) is 4.79 Å². The average Bonchev–Trinajstić information content (AvgIpc) is 2.92. The second-order valence-electron chi connectivity index (χ2n) is 7.18. The van der Waals surface area contributed by atoms with Crippen molar-refractivity contribution in [2.45, 2.75) is 37.6 Å². The predicted octanol–water partition coefficient (Wildman–Crippen LogP) is 3.03. The molecule has 2 aliphatic rings. The Balaban J connectivity index is 1.44. The zero-order valence-corrected chi connectivity index (χ0v) is 17.2. The van der Waals surface area contributed by atoms with Crippen molar-refractivity contribution in [3.63, 3.8) is 0 Å². The van der Waals surface area contributed by atoms with Gasteiger partial charge in [0.05, 0.1) is 17.7 Å². The van der Waals surface area contributed by atoms with Crippen LogP contribution in [0.3, 0.4) is 0 Å². The fraction of sp³-hybridized carbons (Fsp3) is 0.526. The normalized spacial score (nSPS) is 18.8. The van der Waals surface area contributed by atoms with Gasteiger partial charge in [-0.1, -0.05) is 23.2 Å². The minimum absolute atomic E-state index is 0.0517. The van der Waals surface area contributed by atoms with Gasteiger partial charge in [0.25, 0.3) is 5.91 Å². The number of imide groups is 1. The molecule has 3 rings (SSSR count). The Kier molecular flexibility index (Phi) is 6.47. The maximum absolute atomic E-state index is 12.5. The van der Waals surface area contributed by atoms with E-state index in [0.717, 1.165) is 32.5 Å². The Morgan fingerprint density at radius 3 is 2.54 bits per heavy atom. The Hall–Kier alpha value is -1.83. The molecular weight excluding hydrogens is 405 g/mol. The van der Waals surface area contributed by atoms with Gasteiger partial charge in [-0.3, -0.25) is 14.9 Å². The second kappa shape index (κ2) is 8.68. The van der Waals surface area contributed by atoms with Gasteiger partial charge in [-0.05, 0) is 44.4 Å². The highest BCUT2D eigenvalue weighted by Crippen LogP contribution is 2.33. The number of ketones is 1. The number of hydrogen-bond donors (Lipinski definition) is 2. The maximum Gasteiger partial charge on any atom is 0.322 e. The molecule has 1 aromatic carbocycles. The number of likely N-dealkylation sites (tertiary alicyclic amines) is 1. The number of Topliss-reactive ketones (excluding diaryl/α,β-unsaturated/α-hetero) is 1. The predicted molar refractivity (Wildman–Crippen MR) is 106 cm³/mol. The first-order valence-electron chi connectivity index (χ1n) is 9.27. The highest BCUT2D eigenvalue weighted by Gasteiger charge is 2.47. The summed E-state index contributed by atoms with van der Waals surface area (Å²) in [6, 6.07) is 2.72. The third kappa shape index (κ3) is 4.42. The van der Waals surface area contributed by atoms with Crippen LogP contribution in [0.4, 0.5) is 4.79 Å². The molecule has 7 nitrogen and oxygen atoms in total. The lowest BCUT2D eigenvalue weighted by Crippen LogP contribution is -2.54. The van der Waals surface area contributed by atoms with Crippen molar-refractivity contribution in [1.29, 1.82) is 0 Å². The molecule has 0 aliphatic carbocycles. The number of rotatable bonds is 7. The third-order valence-corrected chi connectivity index (χ3v) is 5.86. The summed E-state index contributed by atoms with van der Waals surface area (Å²) in [4.78, 5) is 38.1. The van der Waals surface area contributed by atoms with Gasteiger partial charge in [0, 0.05) is 24.5 Å². The molecule has 0 radical (unpaired) electrons. The van der Waals surface area contributed by atoms with Gasteiger partial charge in [0.2, 0.25) is 0 Å². The van der Waals surface area contributed by atoms with Gasteiger partial charge in [0.15, 0.2) is 5.78 Å². The molecule has 0 unspecified atom stereocenters. The van der Waals surface area contributed by atoms with E-state index in [1.807, 2.05) is 0 Å². The molecule has 2 fully saturated rings. The first-order chi connectivity index (χ1) is 13.3. The first-order valence-corrected chi connectivity index (χ1v) is 10.0. The van der Waals surface area contributed by atoms with Crippen LogP contribution in [0.1, 0.15) is 42.5 Å². The molecule has 3 amide bonds. The lowest BCUT2D eigenvalue weighted by molar-refractivity contribution is -0.125. The van der Waals surface area contributed by atoms with Crippen LogP contribution in [-0.2, 0) is 4.79 Å². The second-order valence-corrected chi connectivity index (χ2v) is 8.02. The molecule has 2 heterocycles. The minimum Gasteiger partial charge on any atom is -0.494 e. The number of piperidine rings is 1. The summed E-state index contributed by atoms with van der Waals surface area (Å²) in [6.45, 7) is 2.31. The van der Waals surface area contributed by atoms with Crippen molar-refractivity contribution in [3.8, 4) is 5.75 Å². The van der Waals surface area contributed by atoms with Crippen LogP contribution in [0.15, 0.2) is 12.1 Å². The molecular formula is C19H23Cl2N3O4. The average molecular weight is 428 g/mol. The summed E-state index contributed by atoms with van der Waals surface area (Å²) in [5.41, 5.74) is -0.339. The number of urea groups is 1. The van der Waals surface area contributed by atoms with Crippen molar-refractivity contribution in [2.24, 2.45) is 0 Å². The molecule has 0 atom stereocenters. The van der Waals surface area contributed by atoms with Crippen molar-refractivity contribution in [1.82, 2.24) is 15.5 Å². The van der Waals surface area contributed by atoms with Gasteiger partial charge in [0.1, 0.15) is 11.3 Å². The summed E-state index contributed by atoms with van der Waals surface area (Å²) in [7, 11) is 1.47. The Labute approximate surface area is 173 Å². The maximum atomic E-state index is 12.5. The van der Waals surface area contributed by atoms with Crippen LogP contribution in [0, 0.1) is 0 Å². The molecule has 2 saturated heterocycles. The molecule has 2 N–H and O–H groups in total. The summed E-state index contributed by atoms with van der Waals surface area (Å²) in [5.74, 6) is 0.0790. The molecule has 28 heavy (non-hydrogen) atoms. The van der Waals surface area contributed by atoms with Gasteiger partial charge in [-0.15, -0.1) is 0 Å². The molecule has 9 heteroatoms. The van der Waals surface area contributed by atoms with Crippen molar-refractivity contribution >= 4 is 40.9 Å². The van der Waals surface area contributed by atoms with E-state index in [0.29, 0.717) is 40.6 Å². The van der Waals surface area contributed by atoms with E-state index >= 15 is 0 Å². The minimum atomic E-state index is -0.744. The van der Waals surface area contributed by atoms with Crippen LogP contribution in [0.2, 0.25) is 10.0 Å². The van der Waals surface area contributed by atoms with Crippen molar-refractivity contribution in [3.05, 3.63) is 27.7 Å². The SMILES string of the molecule is COc1c(Cl)cc(Cl)cc1C(=O)CCCCN1CCC2(CC1)NC(=O)NC2=O. The number of methoxy groups -OCH3 is 1. The van der Waals surface area contributed by atoms with Crippen LogP contribution in [0.5, 0.6) is 5.75 Å². The molecule has 0 saturated carbocycles. The quantitative estimate of drug-likeness (QED) is 0.396. The summed E-state index contributed by atoms with van der Waals surface area (Å²) < 4.78 is 5.23. The Morgan fingerprint density at radius 2 is 1.93 bits per heavy atom. The number of ether oxygens (including phenoxy) is 1. The first kappa shape index (κ1) is 20.9. The molecule has 1 spiro atoms. The number of carbonyl (C=O) groups excluding carboxylic acids is 3. The fourth-order valence-corrected chi connectivity index (χ4v) is 4.34. The highest BCUT2D eigenvalue weighted by atomic mass is 35.5. The van der Waals surface area contributed by atoms with E-state index in [4.69, 9.17) is 27.9 Å². The summed E-state index contributed by atoms with van der Waals surface area (Å²) >= 11 is 12.1. The number of nitrogens with one attached hydrogen (secondary N) is 2. The van der Waals surface area contributed by atoms with E-state index in [9.17, 15) is 14.4 Å². The van der Waals surface area contributed by atoms with E-state index < -0.39 is 11.6 Å². The molecule has 152 valence electrons. The Bertz CT molecular complexity index is 792. The van der Waals surface area contributed by atoms with Gasteiger partial charge < -0.3 is 15.0 Å². The number of nitrogens with zero attached hydrogens (tertiary/aromatic N) is 1. The number of unbranched alkanes of at least 4 members (excludes halogenated alkanes) is 1. The van der Waals surface area contributed by atoms with E-state index in [2.05, 4.69) is 15.5 Å². The number of hydrogen-bond acceptors (Lipinski definition) is 5. The zero-order valence-electron chi connectivity index (χ0n) is 15.6. The van der Waals surface area contributed by atoms with E-state index in [1.165, 1.54) is 7.11 Å². The number of amides is 3. The van der Waals surface area contributed by atoms with Crippen LogP contribution >= 0.6 is 23.2 Å².